The van der Waals surface area contributed by atoms with Crippen LogP contribution in [0.1, 0.15) is 83.0 Å². The zero-order valence-corrected chi connectivity index (χ0v) is 29.7. The molecular formula is C36H51N7O6. The van der Waals surface area contributed by atoms with Crippen molar-refractivity contribution in [2.45, 2.75) is 90.3 Å². The monoisotopic (exact) mass is 677 g/mol. The van der Waals surface area contributed by atoms with Crippen molar-refractivity contribution in [2.24, 2.45) is 0 Å². The fourth-order valence-electron chi connectivity index (χ4n) is 6.10. The first-order chi connectivity index (χ1) is 23.5. The predicted octanol–water partition coefficient (Wildman–Crippen LogP) is 5.13. The molecule has 1 saturated carbocycles. The van der Waals surface area contributed by atoms with E-state index < -0.39 is 11.7 Å². The number of amides is 3. The summed E-state index contributed by atoms with van der Waals surface area (Å²) in [4.78, 5) is 53.9. The van der Waals surface area contributed by atoms with Crippen LogP contribution in [0.2, 0.25) is 0 Å². The topological polar surface area (TPSA) is 138 Å². The summed E-state index contributed by atoms with van der Waals surface area (Å²) < 4.78 is 16.7. The second kappa shape index (κ2) is 17.2. The Labute approximate surface area is 290 Å². The number of hydrogen-bond acceptors (Lipinski definition) is 10. The molecule has 0 radical (unpaired) electrons. The summed E-state index contributed by atoms with van der Waals surface area (Å²) >= 11 is 0. The molecule has 1 aromatic carbocycles. The van der Waals surface area contributed by atoms with E-state index in [2.05, 4.69) is 26.4 Å². The van der Waals surface area contributed by atoms with E-state index in [1.165, 1.54) is 7.11 Å². The van der Waals surface area contributed by atoms with Gasteiger partial charge in [0.1, 0.15) is 23.1 Å². The van der Waals surface area contributed by atoms with Crippen LogP contribution in [0.25, 0.3) is 0 Å². The molecule has 0 unspecified atom stereocenters. The standard InChI is InChI=1S/C36H51N7O6/c1-8-10-21-48-22-20-42(35(46)49-36(3,4)5)19-13-18-37-32(44)25-16-17-27(30(23-25)47-7)39-34-38-24-29-31(40-34)43(26-14-11-12-15-26)28(9-2)33(45)41(29)6/h1,16-17,23-24,26,28H,9-15,18-22H2,2-7H3,(H,37,44)(H,38,39,40)/t28-/m1/s1. The molecule has 1 fully saturated rings. The molecule has 2 aromatic rings. The van der Waals surface area contributed by atoms with Gasteiger partial charge in [-0.25, -0.2) is 9.78 Å². The van der Waals surface area contributed by atoms with Crippen LogP contribution in [0.5, 0.6) is 5.75 Å². The van der Waals surface area contributed by atoms with Crippen molar-refractivity contribution >= 4 is 41.0 Å². The Kier molecular flexibility index (Phi) is 13.1. The average molecular weight is 678 g/mol. The third-order valence-corrected chi connectivity index (χ3v) is 8.56. The van der Waals surface area contributed by atoms with Gasteiger partial charge in [0.25, 0.3) is 5.91 Å². The zero-order valence-electron chi connectivity index (χ0n) is 29.7. The van der Waals surface area contributed by atoms with E-state index >= 15 is 0 Å². The average Bonchev–Trinajstić information content (AvgIpc) is 3.61. The van der Waals surface area contributed by atoms with Crippen molar-refractivity contribution in [2.75, 3.05) is 62.1 Å². The van der Waals surface area contributed by atoms with Crippen molar-refractivity contribution in [1.82, 2.24) is 20.2 Å². The van der Waals surface area contributed by atoms with Gasteiger partial charge in [-0.3, -0.25) is 9.59 Å². The molecule has 0 spiro atoms. The molecule has 0 bridgehead atoms. The molecular weight excluding hydrogens is 626 g/mol. The highest BCUT2D eigenvalue weighted by molar-refractivity contribution is 6.04. The van der Waals surface area contributed by atoms with Crippen LogP contribution in [0.15, 0.2) is 24.4 Å². The zero-order chi connectivity index (χ0) is 35.6. The maximum atomic E-state index is 13.2. The van der Waals surface area contributed by atoms with Crippen LogP contribution >= 0.6 is 0 Å². The summed E-state index contributed by atoms with van der Waals surface area (Å²) in [5.74, 6) is 3.86. The normalized spacial score (nSPS) is 16.2. The highest BCUT2D eigenvalue weighted by Crippen LogP contribution is 2.40. The number of benzene rings is 1. The maximum Gasteiger partial charge on any atom is 0.410 e. The molecule has 1 aliphatic carbocycles. The number of nitrogens with one attached hydrogen (secondary N) is 2. The van der Waals surface area contributed by atoms with E-state index in [-0.39, 0.29) is 23.9 Å². The lowest BCUT2D eigenvalue weighted by atomic mass is 10.0. The molecule has 266 valence electrons. The molecule has 13 nitrogen and oxygen atoms in total. The number of nitrogens with zero attached hydrogens (tertiary/aromatic N) is 5. The molecule has 0 saturated heterocycles. The van der Waals surface area contributed by atoms with E-state index in [1.807, 2.05) is 27.7 Å². The number of terminal acetylenes is 1. The van der Waals surface area contributed by atoms with Crippen LogP contribution in [-0.4, -0.2) is 97.5 Å². The van der Waals surface area contributed by atoms with Crippen LogP contribution in [0, 0.1) is 12.3 Å². The van der Waals surface area contributed by atoms with Gasteiger partial charge in [-0.2, -0.15) is 4.98 Å². The fourth-order valence-corrected chi connectivity index (χ4v) is 6.10. The number of ether oxygens (including phenoxy) is 3. The molecule has 4 rings (SSSR count). The van der Waals surface area contributed by atoms with Crippen LogP contribution in [0.4, 0.5) is 27.9 Å². The third-order valence-electron chi connectivity index (χ3n) is 8.56. The van der Waals surface area contributed by atoms with E-state index in [1.54, 1.807) is 41.2 Å². The number of carbonyl (C=O) groups is 3. The van der Waals surface area contributed by atoms with Crippen LogP contribution < -0.4 is 25.2 Å². The van der Waals surface area contributed by atoms with Gasteiger partial charge >= 0.3 is 6.09 Å². The van der Waals surface area contributed by atoms with Gasteiger partial charge in [0, 0.05) is 44.7 Å². The van der Waals surface area contributed by atoms with Crippen molar-refractivity contribution in [1.29, 1.82) is 0 Å². The summed E-state index contributed by atoms with van der Waals surface area (Å²) in [6, 6.07) is 5.09. The Morgan fingerprint density at radius 2 is 1.92 bits per heavy atom. The largest absolute Gasteiger partial charge is 0.495 e. The molecule has 13 heteroatoms. The summed E-state index contributed by atoms with van der Waals surface area (Å²) in [5, 5.41) is 6.17. The number of fused-ring (bicyclic) bond motifs is 1. The van der Waals surface area contributed by atoms with E-state index in [0.717, 1.165) is 31.5 Å². The molecule has 1 aromatic heterocycles. The van der Waals surface area contributed by atoms with Crippen molar-refractivity contribution in [3.05, 3.63) is 30.0 Å². The summed E-state index contributed by atoms with van der Waals surface area (Å²) in [6.45, 7) is 9.30. The second-order valence-corrected chi connectivity index (χ2v) is 13.3. The molecule has 49 heavy (non-hydrogen) atoms. The number of carbonyl (C=O) groups excluding carboxylic acids is 3. The van der Waals surface area contributed by atoms with Crippen molar-refractivity contribution in [3.8, 4) is 18.1 Å². The quantitative estimate of drug-likeness (QED) is 0.193. The third kappa shape index (κ3) is 9.75. The Morgan fingerprint density at radius 1 is 1.16 bits per heavy atom. The first-order valence-corrected chi connectivity index (χ1v) is 17.1. The molecule has 2 N–H and O–H groups in total. The summed E-state index contributed by atoms with van der Waals surface area (Å²) in [7, 11) is 3.31. The lowest BCUT2D eigenvalue weighted by Gasteiger charge is -2.43. The molecule has 1 atom stereocenters. The predicted molar refractivity (Wildman–Crippen MR) is 190 cm³/mol. The lowest BCUT2D eigenvalue weighted by molar-refractivity contribution is -0.120. The highest BCUT2D eigenvalue weighted by atomic mass is 16.6. The lowest BCUT2D eigenvalue weighted by Crippen LogP contribution is -2.55. The molecule has 2 aliphatic rings. The minimum Gasteiger partial charge on any atom is -0.495 e. The fraction of sp³-hybridized carbons (Fsp3) is 0.583. The Hall–Kier alpha value is -4.57. The number of hydrogen-bond donors (Lipinski definition) is 2. The maximum absolute atomic E-state index is 13.2. The first-order valence-electron chi connectivity index (χ1n) is 17.1. The van der Waals surface area contributed by atoms with Gasteiger partial charge in [-0.1, -0.05) is 19.8 Å². The van der Waals surface area contributed by atoms with Gasteiger partial charge in [-0.15, -0.1) is 12.3 Å². The summed E-state index contributed by atoms with van der Waals surface area (Å²) in [5.41, 5.74) is 1.06. The SMILES string of the molecule is C#CCCOCCN(CCCNC(=O)c1ccc(Nc2ncc3c(n2)N(C2CCCC2)[C@H](CC)C(=O)N3C)c(OC)c1)C(=O)OC(C)(C)C. The van der Waals surface area contributed by atoms with Crippen molar-refractivity contribution in [3.63, 3.8) is 0 Å². The number of rotatable bonds is 15. The molecule has 3 amide bonds. The smallest absolute Gasteiger partial charge is 0.410 e. The Bertz CT molecular complexity index is 1500. The second-order valence-electron chi connectivity index (χ2n) is 13.3. The van der Waals surface area contributed by atoms with E-state index in [4.69, 9.17) is 25.6 Å². The van der Waals surface area contributed by atoms with Crippen LogP contribution in [0.3, 0.4) is 0 Å². The number of likely N-dealkylation sites (N-methyl/N-ethyl adjacent to an activating group) is 1. The van der Waals surface area contributed by atoms with Crippen molar-refractivity contribution < 1.29 is 28.6 Å². The van der Waals surface area contributed by atoms with Gasteiger partial charge in [-0.05, 0) is 64.7 Å². The van der Waals surface area contributed by atoms with Gasteiger partial charge < -0.3 is 39.5 Å². The number of aromatic nitrogens is 2. The molecule has 1 aliphatic heterocycles. The number of anilines is 4. The Balaban J connectivity index is 1.39. The number of methoxy groups -OCH3 is 1. The van der Waals surface area contributed by atoms with Crippen LogP contribution in [-0.2, 0) is 14.3 Å². The first kappa shape index (κ1) is 37.3. The van der Waals surface area contributed by atoms with Gasteiger partial charge in [0.05, 0.1) is 32.2 Å². The Morgan fingerprint density at radius 3 is 2.59 bits per heavy atom. The molecule has 2 heterocycles. The minimum absolute atomic E-state index is 0.0590. The van der Waals surface area contributed by atoms with Gasteiger partial charge in [0.2, 0.25) is 11.9 Å². The summed E-state index contributed by atoms with van der Waals surface area (Å²) in [6.07, 6.45) is 12.6. The van der Waals surface area contributed by atoms with E-state index in [9.17, 15) is 14.4 Å². The van der Waals surface area contributed by atoms with E-state index in [0.29, 0.717) is 80.7 Å². The highest BCUT2D eigenvalue weighted by Gasteiger charge is 2.41. The minimum atomic E-state index is -0.634. The van der Waals surface area contributed by atoms with Gasteiger partial charge in [0.15, 0.2) is 5.82 Å².